The van der Waals surface area contributed by atoms with E-state index in [2.05, 4.69) is 5.32 Å². The van der Waals surface area contributed by atoms with Gasteiger partial charge >= 0.3 is 0 Å². The predicted molar refractivity (Wildman–Crippen MR) is 102 cm³/mol. The maximum absolute atomic E-state index is 12.7. The van der Waals surface area contributed by atoms with Crippen molar-refractivity contribution in [3.63, 3.8) is 0 Å². The number of nitrogens with zero attached hydrogens (tertiary/aromatic N) is 1. The SMILES string of the molecule is CN(CC(=O)Nc1ccc(Cl)c(Cl)c1)S(=O)(=O)c1ccc2c(c1)OCCO2. The molecular formula is C17H16Cl2N2O5S. The molecule has 7 nitrogen and oxygen atoms in total. The zero-order valence-electron chi connectivity index (χ0n) is 14.2. The van der Waals surface area contributed by atoms with Gasteiger partial charge in [0.05, 0.1) is 21.5 Å². The Morgan fingerprint density at radius 2 is 1.78 bits per heavy atom. The summed E-state index contributed by atoms with van der Waals surface area (Å²) in [5.41, 5.74) is 0.416. The monoisotopic (exact) mass is 430 g/mol. The zero-order chi connectivity index (χ0) is 19.6. The predicted octanol–water partition coefficient (Wildman–Crippen LogP) is 3.02. The van der Waals surface area contributed by atoms with E-state index >= 15 is 0 Å². The van der Waals surface area contributed by atoms with E-state index in [1.165, 1.54) is 37.4 Å². The van der Waals surface area contributed by atoms with Crippen molar-refractivity contribution in [1.82, 2.24) is 4.31 Å². The summed E-state index contributed by atoms with van der Waals surface area (Å²) in [5, 5.41) is 3.22. The van der Waals surface area contributed by atoms with E-state index in [-0.39, 0.29) is 16.5 Å². The van der Waals surface area contributed by atoms with Gasteiger partial charge in [0.15, 0.2) is 11.5 Å². The molecule has 2 aromatic rings. The number of halogens is 2. The molecule has 1 amide bonds. The largest absolute Gasteiger partial charge is 0.486 e. The highest BCUT2D eigenvalue weighted by Gasteiger charge is 2.25. The minimum atomic E-state index is -3.88. The van der Waals surface area contributed by atoms with Crippen molar-refractivity contribution in [2.75, 3.05) is 32.1 Å². The van der Waals surface area contributed by atoms with E-state index in [9.17, 15) is 13.2 Å². The lowest BCUT2D eigenvalue weighted by Crippen LogP contribution is -2.35. The molecule has 0 atom stereocenters. The Balaban J connectivity index is 1.71. The number of hydrogen-bond acceptors (Lipinski definition) is 5. The molecule has 3 rings (SSSR count). The van der Waals surface area contributed by atoms with Crippen molar-refractivity contribution in [2.24, 2.45) is 0 Å². The number of ether oxygens (including phenoxy) is 2. The van der Waals surface area contributed by atoms with E-state index in [1.807, 2.05) is 0 Å². The van der Waals surface area contributed by atoms with Gasteiger partial charge in [-0.05, 0) is 30.3 Å². The number of hydrogen-bond donors (Lipinski definition) is 1. The standard InChI is InChI=1S/C17H16Cl2N2O5S/c1-21(10-17(22)20-11-2-4-13(18)14(19)8-11)27(23,24)12-3-5-15-16(9-12)26-7-6-25-15/h2-5,8-9H,6-7,10H2,1H3,(H,20,22). The summed E-state index contributed by atoms with van der Waals surface area (Å²) >= 11 is 11.7. The second-order valence-corrected chi connectivity index (χ2v) is 8.60. The van der Waals surface area contributed by atoms with Crippen LogP contribution in [0, 0.1) is 0 Å². The van der Waals surface area contributed by atoms with Crippen LogP contribution in [-0.2, 0) is 14.8 Å². The molecule has 0 aromatic heterocycles. The number of fused-ring (bicyclic) bond motifs is 1. The summed E-state index contributed by atoms with van der Waals surface area (Å²) in [7, 11) is -2.56. The van der Waals surface area contributed by atoms with Gasteiger partial charge < -0.3 is 14.8 Å². The number of nitrogens with one attached hydrogen (secondary N) is 1. The fraction of sp³-hybridized carbons (Fsp3) is 0.235. The molecule has 1 heterocycles. The Bertz CT molecular complexity index is 981. The van der Waals surface area contributed by atoms with E-state index < -0.39 is 15.9 Å². The Hall–Kier alpha value is -2.00. The average Bonchev–Trinajstić information content (AvgIpc) is 2.64. The van der Waals surface area contributed by atoms with Crippen molar-refractivity contribution in [2.45, 2.75) is 4.90 Å². The molecule has 0 bridgehead atoms. The Morgan fingerprint density at radius 1 is 1.07 bits per heavy atom. The Morgan fingerprint density at radius 3 is 2.48 bits per heavy atom. The van der Waals surface area contributed by atoms with Crippen molar-refractivity contribution in [3.05, 3.63) is 46.4 Å². The van der Waals surface area contributed by atoms with E-state index in [0.717, 1.165) is 4.31 Å². The van der Waals surface area contributed by atoms with Gasteiger partial charge in [-0.1, -0.05) is 23.2 Å². The fourth-order valence-electron chi connectivity index (χ4n) is 2.43. The van der Waals surface area contributed by atoms with Crippen molar-refractivity contribution >= 4 is 44.8 Å². The van der Waals surface area contributed by atoms with E-state index in [0.29, 0.717) is 35.4 Å². The molecule has 10 heteroatoms. The van der Waals surface area contributed by atoms with Crippen molar-refractivity contribution < 1.29 is 22.7 Å². The van der Waals surface area contributed by atoms with Crippen LogP contribution in [0.15, 0.2) is 41.3 Å². The van der Waals surface area contributed by atoms with Crippen LogP contribution in [0.3, 0.4) is 0 Å². The summed E-state index contributed by atoms with van der Waals surface area (Å²) in [6, 6.07) is 8.92. The number of carbonyl (C=O) groups is 1. The summed E-state index contributed by atoms with van der Waals surface area (Å²) in [6.45, 7) is 0.378. The quantitative estimate of drug-likeness (QED) is 0.787. The second-order valence-electron chi connectivity index (χ2n) is 5.74. The van der Waals surface area contributed by atoms with Crippen LogP contribution in [0.2, 0.25) is 10.0 Å². The van der Waals surface area contributed by atoms with Gasteiger partial charge in [-0.3, -0.25) is 4.79 Å². The van der Waals surface area contributed by atoms with Crippen LogP contribution < -0.4 is 14.8 Å². The molecule has 1 aliphatic rings. The van der Waals surface area contributed by atoms with E-state index in [4.69, 9.17) is 32.7 Å². The molecule has 0 fully saturated rings. The molecule has 0 aliphatic carbocycles. The number of amides is 1. The first-order valence-corrected chi connectivity index (χ1v) is 10.1. The summed E-state index contributed by atoms with van der Waals surface area (Å²) in [4.78, 5) is 12.2. The van der Waals surface area contributed by atoms with Crippen LogP contribution in [0.4, 0.5) is 5.69 Å². The molecule has 0 saturated carbocycles. The number of likely N-dealkylation sites (N-methyl/N-ethyl adjacent to an activating group) is 1. The fourth-order valence-corrected chi connectivity index (χ4v) is 3.87. The molecule has 27 heavy (non-hydrogen) atoms. The number of carbonyl (C=O) groups excluding carboxylic acids is 1. The molecule has 0 spiro atoms. The highest BCUT2D eigenvalue weighted by atomic mass is 35.5. The third kappa shape index (κ3) is 4.47. The highest BCUT2D eigenvalue weighted by Crippen LogP contribution is 2.33. The number of rotatable bonds is 5. The van der Waals surface area contributed by atoms with Crippen LogP contribution in [0.25, 0.3) is 0 Å². The van der Waals surface area contributed by atoms with Gasteiger partial charge in [0.1, 0.15) is 13.2 Å². The molecule has 2 aromatic carbocycles. The first kappa shape index (κ1) is 19.8. The van der Waals surface area contributed by atoms with Gasteiger partial charge in [0.2, 0.25) is 15.9 Å². The molecule has 0 radical (unpaired) electrons. The summed E-state index contributed by atoms with van der Waals surface area (Å²) in [5.74, 6) is 0.327. The third-order valence-electron chi connectivity index (χ3n) is 3.79. The van der Waals surface area contributed by atoms with Crippen molar-refractivity contribution in [1.29, 1.82) is 0 Å². The van der Waals surface area contributed by atoms with Gasteiger partial charge in [0, 0.05) is 18.8 Å². The highest BCUT2D eigenvalue weighted by molar-refractivity contribution is 7.89. The molecule has 1 aliphatic heterocycles. The van der Waals surface area contributed by atoms with Gasteiger partial charge in [-0.25, -0.2) is 8.42 Å². The van der Waals surface area contributed by atoms with Crippen LogP contribution in [0.1, 0.15) is 0 Å². The van der Waals surface area contributed by atoms with Crippen LogP contribution in [0.5, 0.6) is 11.5 Å². The topological polar surface area (TPSA) is 84.9 Å². The van der Waals surface area contributed by atoms with Crippen molar-refractivity contribution in [3.8, 4) is 11.5 Å². The Kier molecular flexibility index (Phi) is 5.81. The minimum Gasteiger partial charge on any atom is -0.486 e. The lowest BCUT2D eigenvalue weighted by Gasteiger charge is -2.21. The molecular weight excluding hydrogens is 415 g/mol. The molecule has 144 valence electrons. The Labute approximate surface area is 166 Å². The smallest absolute Gasteiger partial charge is 0.243 e. The van der Waals surface area contributed by atoms with Gasteiger partial charge in [-0.2, -0.15) is 4.31 Å². The maximum atomic E-state index is 12.7. The van der Waals surface area contributed by atoms with Gasteiger partial charge in [-0.15, -0.1) is 0 Å². The van der Waals surface area contributed by atoms with Crippen LogP contribution >= 0.6 is 23.2 Å². The first-order valence-electron chi connectivity index (χ1n) is 7.88. The first-order chi connectivity index (χ1) is 12.8. The minimum absolute atomic E-state index is 0.0107. The summed E-state index contributed by atoms with van der Waals surface area (Å²) < 4.78 is 37.2. The number of sulfonamides is 1. The third-order valence-corrected chi connectivity index (χ3v) is 6.33. The second kappa shape index (κ2) is 7.93. The van der Waals surface area contributed by atoms with Crippen LogP contribution in [-0.4, -0.2) is 45.4 Å². The van der Waals surface area contributed by atoms with Gasteiger partial charge in [0.25, 0.3) is 0 Å². The lowest BCUT2D eigenvalue weighted by molar-refractivity contribution is -0.116. The molecule has 0 unspecified atom stereocenters. The zero-order valence-corrected chi connectivity index (χ0v) is 16.6. The summed E-state index contributed by atoms with van der Waals surface area (Å²) in [6.07, 6.45) is 0. The number of benzene rings is 2. The maximum Gasteiger partial charge on any atom is 0.243 e. The van der Waals surface area contributed by atoms with E-state index in [1.54, 1.807) is 6.07 Å². The molecule has 0 saturated heterocycles. The molecule has 1 N–H and O–H groups in total. The normalized spacial score (nSPS) is 13.5. The number of anilines is 1. The average molecular weight is 431 g/mol. The lowest BCUT2D eigenvalue weighted by atomic mass is 10.3.